The van der Waals surface area contributed by atoms with E-state index in [0.29, 0.717) is 13.0 Å². The van der Waals surface area contributed by atoms with Gasteiger partial charge in [0.05, 0.1) is 10.6 Å². The van der Waals surface area contributed by atoms with E-state index in [1.54, 1.807) is 6.07 Å². The molecular formula is C30H47F3N2O4S2. The maximum Gasteiger partial charge on any atom is 0.516 e. The molecule has 2 rings (SSSR count). The number of nitrogens with zero attached hydrogens (tertiary/aromatic N) is 1. The van der Waals surface area contributed by atoms with Crippen LogP contribution in [0.3, 0.4) is 0 Å². The molecule has 0 bridgehead atoms. The highest BCUT2D eigenvalue weighted by Gasteiger charge is 2.46. The molecule has 41 heavy (non-hydrogen) atoms. The van der Waals surface area contributed by atoms with Crippen molar-refractivity contribution in [1.82, 2.24) is 4.31 Å². The first-order valence-corrected chi connectivity index (χ1v) is 17.9. The third-order valence-corrected chi connectivity index (χ3v) is 10.5. The normalized spacial score (nSPS) is 12.8. The lowest BCUT2D eigenvalue weighted by molar-refractivity contribution is -0.0429. The van der Waals surface area contributed by atoms with E-state index in [1.807, 2.05) is 0 Å². The zero-order chi connectivity index (χ0) is 30.4. The Bertz CT molecular complexity index is 1270. The molecular weight excluding hydrogens is 573 g/mol. The number of fused-ring (bicyclic) bond motifs is 1. The van der Waals surface area contributed by atoms with Crippen molar-refractivity contribution in [2.75, 3.05) is 18.3 Å². The number of benzene rings is 2. The molecule has 0 aliphatic heterocycles. The second-order valence-electron chi connectivity index (χ2n) is 10.8. The molecule has 6 nitrogen and oxygen atoms in total. The van der Waals surface area contributed by atoms with E-state index < -0.39 is 25.6 Å². The summed E-state index contributed by atoms with van der Waals surface area (Å²) >= 11 is 0. The van der Waals surface area contributed by atoms with Crippen LogP contribution in [0.2, 0.25) is 0 Å². The summed E-state index contributed by atoms with van der Waals surface area (Å²) in [5, 5.41) is 0.214. The third kappa shape index (κ3) is 11.4. The van der Waals surface area contributed by atoms with Crippen molar-refractivity contribution in [2.24, 2.45) is 0 Å². The highest BCUT2D eigenvalue weighted by atomic mass is 32.2. The summed E-state index contributed by atoms with van der Waals surface area (Å²) < 4.78 is 91.3. The average molecular weight is 621 g/mol. The predicted molar refractivity (Wildman–Crippen MR) is 162 cm³/mol. The van der Waals surface area contributed by atoms with Gasteiger partial charge in [0.15, 0.2) is 0 Å². The Kier molecular flexibility index (Phi) is 14.9. The summed E-state index contributed by atoms with van der Waals surface area (Å²) in [4.78, 5) is -0.0814. The maximum atomic E-state index is 13.3. The van der Waals surface area contributed by atoms with E-state index in [4.69, 9.17) is 0 Å². The number of sulfonamides is 2. The molecule has 0 aliphatic carbocycles. The Labute approximate surface area is 245 Å². The first kappa shape index (κ1) is 35.3. The second kappa shape index (κ2) is 17.3. The van der Waals surface area contributed by atoms with Crippen LogP contribution in [0.1, 0.15) is 110 Å². The molecule has 0 aromatic heterocycles. The second-order valence-corrected chi connectivity index (χ2v) is 14.5. The van der Waals surface area contributed by atoms with Gasteiger partial charge in [-0.25, -0.2) is 12.7 Å². The van der Waals surface area contributed by atoms with Gasteiger partial charge in [-0.2, -0.15) is 21.6 Å². The van der Waals surface area contributed by atoms with Crippen LogP contribution in [0, 0.1) is 0 Å². The topological polar surface area (TPSA) is 83.6 Å². The van der Waals surface area contributed by atoms with Crippen LogP contribution in [0.25, 0.3) is 10.8 Å². The van der Waals surface area contributed by atoms with Gasteiger partial charge in [-0.05, 0) is 18.6 Å². The van der Waals surface area contributed by atoms with Crippen LogP contribution in [0.15, 0.2) is 41.3 Å². The Morgan fingerprint density at radius 1 is 0.659 bits per heavy atom. The van der Waals surface area contributed by atoms with Crippen LogP contribution >= 0.6 is 0 Å². The van der Waals surface area contributed by atoms with Crippen molar-refractivity contribution in [3.05, 3.63) is 36.4 Å². The number of nitrogens with one attached hydrogen (secondary N) is 1. The molecule has 11 heteroatoms. The van der Waals surface area contributed by atoms with E-state index in [1.165, 1.54) is 111 Å². The van der Waals surface area contributed by atoms with Gasteiger partial charge in [0.2, 0.25) is 10.0 Å². The van der Waals surface area contributed by atoms with Crippen LogP contribution in [0.5, 0.6) is 0 Å². The Morgan fingerprint density at radius 2 is 1.10 bits per heavy atom. The Balaban J connectivity index is 1.75. The fourth-order valence-electron chi connectivity index (χ4n) is 4.96. The first-order valence-electron chi connectivity index (χ1n) is 15.0. The predicted octanol–water partition coefficient (Wildman–Crippen LogP) is 8.98. The van der Waals surface area contributed by atoms with Gasteiger partial charge in [-0.3, -0.25) is 4.72 Å². The molecule has 2 aromatic rings. The van der Waals surface area contributed by atoms with E-state index in [2.05, 4.69) is 6.92 Å². The molecule has 0 spiro atoms. The average Bonchev–Trinajstić information content (AvgIpc) is 2.92. The molecule has 0 fully saturated rings. The number of hydrogen-bond donors (Lipinski definition) is 1. The number of halogens is 3. The van der Waals surface area contributed by atoms with Crippen molar-refractivity contribution >= 4 is 36.5 Å². The first-order chi connectivity index (χ1) is 19.4. The molecule has 0 aliphatic rings. The smallest absolute Gasteiger partial charge is 0.275 e. The molecule has 0 saturated carbocycles. The van der Waals surface area contributed by atoms with Gasteiger partial charge in [0, 0.05) is 24.4 Å². The van der Waals surface area contributed by atoms with Crippen molar-refractivity contribution in [2.45, 2.75) is 120 Å². The maximum absolute atomic E-state index is 13.3. The van der Waals surface area contributed by atoms with Crippen molar-refractivity contribution in [1.29, 1.82) is 0 Å². The minimum Gasteiger partial charge on any atom is -0.275 e. The standard InChI is InChI=1S/C30H47F3N2O4S2/c1-3-4-5-6-7-8-9-10-11-12-13-14-15-16-17-20-25-35(2)40(36,37)29-24-23-28(26-21-18-19-22-27(26)29)34-41(38,39)30(31,32)33/h18-19,21-24,34H,3-17,20,25H2,1-2H3. The number of unbranched alkanes of at least 4 members (excludes halogenated alkanes) is 15. The number of anilines is 1. The molecule has 2 aromatic carbocycles. The molecule has 0 atom stereocenters. The minimum absolute atomic E-state index is 0.0669. The number of rotatable bonds is 21. The molecule has 1 N–H and O–H groups in total. The zero-order valence-electron chi connectivity index (χ0n) is 24.5. The quantitative estimate of drug-likeness (QED) is 0.141. The van der Waals surface area contributed by atoms with Crippen molar-refractivity contribution in [3.63, 3.8) is 0 Å². The highest BCUT2D eigenvalue weighted by Crippen LogP contribution is 2.34. The van der Waals surface area contributed by atoms with Gasteiger partial charge in [-0.1, -0.05) is 128 Å². The van der Waals surface area contributed by atoms with E-state index in [9.17, 15) is 30.0 Å². The SMILES string of the molecule is CCCCCCCCCCCCCCCCCCN(C)S(=O)(=O)c1ccc(NS(=O)(=O)C(F)(F)F)c2ccccc12. The zero-order valence-corrected chi connectivity index (χ0v) is 26.1. The number of alkyl halides is 3. The van der Waals surface area contributed by atoms with Gasteiger partial charge < -0.3 is 0 Å². The van der Waals surface area contributed by atoms with E-state index >= 15 is 0 Å². The third-order valence-electron chi connectivity index (χ3n) is 7.45. The van der Waals surface area contributed by atoms with Crippen LogP contribution in [-0.4, -0.2) is 40.2 Å². The number of hydrogen-bond acceptors (Lipinski definition) is 4. The lowest BCUT2D eigenvalue weighted by atomic mass is 10.0. The Hall–Kier alpha value is -1.85. The molecule has 0 unspecified atom stereocenters. The lowest BCUT2D eigenvalue weighted by Crippen LogP contribution is -2.30. The molecule has 0 amide bonds. The van der Waals surface area contributed by atoms with Crippen LogP contribution in [-0.2, 0) is 20.0 Å². The molecule has 0 radical (unpaired) electrons. The molecule has 0 heterocycles. The van der Waals surface area contributed by atoms with Crippen molar-refractivity contribution in [3.8, 4) is 0 Å². The van der Waals surface area contributed by atoms with E-state index in [-0.39, 0.29) is 21.4 Å². The van der Waals surface area contributed by atoms with Gasteiger partial charge in [0.25, 0.3) is 0 Å². The molecule has 234 valence electrons. The van der Waals surface area contributed by atoms with Crippen LogP contribution < -0.4 is 4.72 Å². The van der Waals surface area contributed by atoms with E-state index in [0.717, 1.165) is 31.4 Å². The fraction of sp³-hybridized carbons (Fsp3) is 0.667. The largest absolute Gasteiger partial charge is 0.516 e. The summed E-state index contributed by atoms with van der Waals surface area (Å²) in [6.07, 6.45) is 19.6. The Morgan fingerprint density at radius 3 is 1.56 bits per heavy atom. The summed E-state index contributed by atoms with van der Waals surface area (Å²) in [7, 11) is -8.11. The minimum atomic E-state index is -5.65. The lowest BCUT2D eigenvalue weighted by Gasteiger charge is -2.20. The van der Waals surface area contributed by atoms with Gasteiger partial charge >= 0.3 is 15.5 Å². The van der Waals surface area contributed by atoms with Gasteiger partial charge in [-0.15, -0.1) is 0 Å². The summed E-state index contributed by atoms with van der Waals surface area (Å²) in [5.41, 5.74) is -5.83. The van der Waals surface area contributed by atoms with Crippen LogP contribution in [0.4, 0.5) is 18.9 Å². The summed E-state index contributed by atoms with van der Waals surface area (Å²) in [5.74, 6) is 0. The fourth-order valence-corrected chi connectivity index (χ4v) is 6.94. The monoisotopic (exact) mass is 620 g/mol. The van der Waals surface area contributed by atoms with Crippen molar-refractivity contribution < 1.29 is 30.0 Å². The van der Waals surface area contributed by atoms with Gasteiger partial charge in [0.1, 0.15) is 0 Å². The molecule has 0 saturated heterocycles. The highest BCUT2D eigenvalue weighted by molar-refractivity contribution is 7.93. The summed E-state index contributed by atoms with van der Waals surface area (Å²) in [6, 6.07) is 8.11. The summed E-state index contributed by atoms with van der Waals surface area (Å²) in [6.45, 7) is 2.56.